The Balaban J connectivity index is 1.88. The molecule has 1 unspecified atom stereocenters. The molecule has 0 bridgehead atoms. The molecule has 11 heteroatoms. The number of hydrogen-bond donors (Lipinski definition) is 0. The Morgan fingerprint density at radius 2 is 1.73 bits per heavy atom. The molecule has 0 aliphatic heterocycles. The SMILES string of the molecule is [2H]c1c([2H])c(C([2H])([2H])N(C(=O)Cn2c(SC([2H])([2H])c3ccc(F)cc3)nc(=O)c3c2C([2H])([2H])C([2H])(C)C3([2H])[2H])C([2H])([2H])C([2H])([2H])N(CC)CC)c([2H])c([2H])c1-c1c([2H])c([2H])c(C(F)(F)F)c(C)c1[2H]. The van der Waals surface area contributed by atoms with Gasteiger partial charge in [-0.05, 0) is 84.6 Å². The molecule has 49 heavy (non-hydrogen) atoms. The number of hydrogen-bond acceptors (Lipinski definition) is 5. The number of rotatable bonds is 13. The highest BCUT2D eigenvalue weighted by Crippen LogP contribution is 2.34. The van der Waals surface area contributed by atoms with Gasteiger partial charge in [0.2, 0.25) is 5.91 Å². The number of aromatic nitrogens is 2. The number of fused-ring (bicyclic) bond motifs is 1. The first-order valence-electron chi connectivity index (χ1n) is 24.6. The molecule has 5 rings (SSSR count). The normalized spacial score (nSPS) is 25.0. The van der Waals surface area contributed by atoms with Gasteiger partial charge in [-0.3, -0.25) is 9.59 Å². The van der Waals surface area contributed by atoms with Gasteiger partial charge in [-0.1, -0.05) is 80.9 Å². The van der Waals surface area contributed by atoms with Crippen molar-refractivity contribution in [2.75, 3.05) is 26.1 Å². The van der Waals surface area contributed by atoms with Gasteiger partial charge in [0.05, 0.1) is 20.6 Å². The highest BCUT2D eigenvalue weighted by atomic mass is 32.2. The van der Waals surface area contributed by atoms with Crippen molar-refractivity contribution in [2.45, 2.75) is 70.5 Å². The molecule has 4 aromatic rings. The Morgan fingerprint density at radius 1 is 1.06 bits per heavy atom. The van der Waals surface area contributed by atoms with Crippen molar-refractivity contribution in [3.8, 4) is 11.1 Å². The lowest BCUT2D eigenvalue weighted by Crippen LogP contribution is -2.40. The molecule has 1 aliphatic rings. The summed E-state index contributed by atoms with van der Waals surface area (Å²) in [4.78, 5) is 32.9. The first-order chi connectivity index (χ1) is 31.2. The second-order valence-electron chi connectivity index (χ2n) is 10.3. The summed E-state index contributed by atoms with van der Waals surface area (Å²) in [5.41, 5.74) is -13.2. The zero-order valence-corrected chi connectivity index (χ0v) is 27.3. The maximum Gasteiger partial charge on any atom is 0.416 e. The molecule has 0 N–H and O–H groups in total. The van der Waals surface area contributed by atoms with E-state index in [9.17, 15) is 27.8 Å². The third-order valence-electron chi connectivity index (χ3n) is 6.88. The quantitative estimate of drug-likeness (QED) is 0.0805. The second-order valence-corrected chi connectivity index (χ2v) is 11.1. The number of amides is 1. The smallest absolute Gasteiger partial charge is 0.336 e. The van der Waals surface area contributed by atoms with Crippen LogP contribution < -0.4 is 5.56 Å². The average Bonchev–Trinajstić information content (AvgIpc) is 3.31. The second kappa shape index (κ2) is 15.7. The van der Waals surface area contributed by atoms with E-state index in [-0.39, 0.29) is 30.4 Å². The Labute approximate surface area is 317 Å². The van der Waals surface area contributed by atoms with E-state index in [1.807, 2.05) is 0 Å². The van der Waals surface area contributed by atoms with E-state index in [4.69, 9.17) is 21.9 Å². The van der Waals surface area contributed by atoms with Gasteiger partial charge in [0.15, 0.2) is 5.16 Å². The van der Waals surface area contributed by atoms with E-state index in [2.05, 4.69) is 4.98 Å². The molecule has 0 radical (unpaired) electrons. The maximum absolute atomic E-state index is 15.2. The summed E-state index contributed by atoms with van der Waals surface area (Å²) < 4.78 is 234. The number of likely N-dealkylation sites (N-methyl/N-ethyl adjacent to an activating group) is 1. The van der Waals surface area contributed by atoms with Crippen LogP contribution in [0.3, 0.4) is 0 Å². The lowest BCUT2D eigenvalue weighted by atomic mass is 9.98. The van der Waals surface area contributed by atoms with Crippen LogP contribution in [0.25, 0.3) is 11.1 Å². The van der Waals surface area contributed by atoms with Gasteiger partial charge in [-0.15, -0.1) is 0 Å². The monoisotopic (exact) mass is 714 g/mol. The first kappa shape index (κ1) is 18.3. The summed E-state index contributed by atoms with van der Waals surface area (Å²) in [6.45, 7) is -9.80. The Hall–Kier alpha value is -3.96. The van der Waals surface area contributed by atoms with Crippen molar-refractivity contribution >= 4 is 17.7 Å². The van der Waals surface area contributed by atoms with E-state index in [1.165, 1.54) is 13.8 Å². The van der Waals surface area contributed by atoms with Crippen LogP contribution in [-0.2, 0) is 42.5 Å². The van der Waals surface area contributed by atoms with Crippen LogP contribution >= 0.6 is 11.8 Å². The van der Waals surface area contributed by atoms with E-state index in [0.29, 0.717) is 4.57 Å². The highest BCUT2D eigenvalue weighted by Gasteiger charge is 2.32. The largest absolute Gasteiger partial charge is 0.416 e. The molecule has 1 atom stereocenters. The molecule has 1 aromatic heterocycles. The lowest BCUT2D eigenvalue weighted by Gasteiger charge is -2.28. The minimum atomic E-state index is -5.26. The minimum absolute atomic E-state index is 0.0340. The maximum atomic E-state index is 15.2. The molecule has 1 heterocycles. The van der Waals surface area contributed by atoms with Crippen molar-refractivity contribution < 1.29 is 49.8 Å². The molecular weight excluding hydrogens is 653 g/mol. The van der Waals surface area contributed by atoms with Gasteiger partial charge in [-0.25, -0.2) is 4.39 Å². The summed E-state index contributed by atoms with van der Waals surface area (Å²) in [6, 6.07) is -6.11. The predicted octanol–water partition coefficient (Wildman–Crippen LogP) is 7.77. The van der Waals surface area contributed by atoms with Crippen LogP contribution in [0.5, 0.6) is 0 Å². The van der Waals surface area contributed by atoms with E-state index >= 15 is 4.79 Å². The Bertz CT molecular complexity index is 2750. The number of benzene rings is 3. The van der Waals surface area contributed by atoms with Crippen molar-refractivity contribution in [2.24, 2.45) is 5.89 Å². The zero-order chi connectivity index (χ0) is 53.1. The van der Waals surface area contributed by atoms with Crippen molar-refractivity contribution in [1.29, 1.82) is 0 Å². The fraction of sp³-hybridized carbons (Fsp3) is 0.395. The fourth-order valence-electron chi connectivity index (χ4n) is 4.40. The highest BCUT2D eigenvalue weighted by molar-refractivity contribution is 7.98. The lowest BCUT2D eigenvalue weighted by molar-refractivity contribution is -0.138. The summed E-state index contributed by atoms with van der Waals surface area (Å²) in [5.74, 6) is -5.74. The fourth-order valence-corrected chi connectivity index (χ4v) is 5.14. The van der Waals surface area contributed by atoms with Crippen LogP contribution in [0.4, 0.5) is 17.6 Å². The number of halogens is 4. The number of carbonyl (C=O) groups is 1. The van der Waals surface area contributed by atoms with Gasteiger partial charge < -0.3 is 14.4 Å². The predicted molar refractivity (Wildman–Crippen MR) is 186 cm³/mol. The molecule has 1 aliphatic carbocycles. The Morgan fingerprint density at radius 3 is 2.39 bits per heavy atom. The molecule has 0 spiro atoms. The average molecular weight is 715 g/mol. The Kier molecular flexibility index (Phi) is 5.88. The van der Waals surface area contributed by atoms with Crippen molar-refractivity contribution in [3.63, 3.8) is 0 Å². The third-order valence-corrected chi connectivity index (χ3v) is 7.71. The molecule has 0 fully saturated rings. The summed E-state index contributed by atoms with van der Waals surface area (Å²) in [6.07, 6.45) is -11.9. The standard InChI is InChI=1S/C38H42F4N4O2S/c1-5-44(6-2)17-18-45(22-27-7-11-29(12-8-27)30-13-16-33(26(4)21-30)38(40,41)42)35(47)23-46-34-20-25(3)19-32(34)36(48)43-37(46)49-24-28-9-14-31(39)15-10-28/h7-16,21,25H,5-6,17-20,22-24H2,1-4H3/i7D,8D,11D,12D,13D,16D,17D2,18D2,19D2,20D2,21D,22D2,24D2,25D. The molecule has 1 amide bonds. The molecule has 3 aromatic carbocycles. The van der Waals surface area contributed by atoms with E-state index < -0.39 is 165 Å². The van der Waals surface area contributed by atoms with Crippen LogP contribution in [0, 0.1) is 18.6 Å². The minimum Gasteiger partial charge on any atom is -0.336 e. The van der Waals surface area contributed by atoms with Gasteiger partial charge >= 0.3 is 6.18 Å². The first-order valence-corrected chi connectivity index (χ1v) is 15.5. The molecule has 0 saturated carbocycles. The number of carbonyl (C=O) groups excluding carboxylic acids is 1. The van der Waals surface area contributed by atoms with E-state index in [0.717, 1.165) is 43.0 Å². The summed E-state index contributed by atoms with van der Waals surface area (Å²) >= 11 is -0.0340. The molecule has 6 nitrogen and oxygen atoms in total. The van der Waals surface area contributed by atoms with Gasteiger partial charge in [0, 0.05) is 48.8 Å². The van der Waals surface area contributed by atoms with Gasteiger partial charge in [0.1, 0.15) is 12.4 Å². The van der Waals surface area contributed by atoms with Crippen LogP contribution in [0.15, 0.2) is 76.5 Å². The van der Waals surface area contributed by atoms with Crippen molar-refractivity contribution in [1.82, 2.24) is 19.4 Å². The van der Waals surface area contributed by atoms with Crippen molar-refractivity contribution in [3.05, 3.63) is 116 Å². The van der Waals surface area contributed by atoms with Crippen LogP contribution in [0.2, 0.25) is 0 Å². The topological polar surface area (TPSA) is 58.4 Å². The molecule has 0 saturated heterocycles. The van der Waals surface area contributed by atoms with E-state index in [1.54, 1.807) is 0 Å². The summed E-state index contributed by atoms with van der Waals surface area (Å²) in [7, 11) is 0. The van der Waals surface area contributed by atoms with Gasteiger partial charge in [-0.2, -0.15) is 18.2 Å². The number of thioether (sulfide) groups is 1. The summed E-state index contributed by atoms with van der Waals surface area (Å²) in [5, 5.41) is -0.974. The number of nitrogens with zero attached hydrogens (tertiary/aromatic N) is 4. The number of alkyl halides is 3. The van der Waals surface area contributed by atoms with Crippen LogP contribution in [-0.4, -0.2) is 51.3 Å². The van der Waals surface area contributed by atoms with Gasteiger partial charge in [0.25, 0.3) is 5.56 Å². The van der Waals surface area contributed by atoms with Crippen LogP contribution in [0.1, 0.15) is 81.7 Å². The molecular formula is C38H42F4N4O2S. The molecule has 260 valence electrons. The zero-order valence-electron chi connectivity index (χ0n) is 46.5. The third kappa shape index (κ3) is 8.99.